The number of hydrogen-bond acceptors (Lipinski definition) is 7. The second-order valence-corrected chi connectivity index (χ2v) is 10.6. The number of methoxy groups -OCH3 is 1. The molecule has 0 radical (unpaired) electrons. The molecular formula is C35H33ClO7. The van der Waals surface area contributed by atoms with Crippen molar-refractivity contribution >= 4 is 23.2 Å². The van der Waals surface area contributed by atoms with Gasteiger partial charge >= 0.3 is 0 Å². The topological polar surface area (TPSA) is 80.3 Å². The molecule has 0 spiro atoms. The Morgan fingerprint density at radius 3 is 1.53 bits per heavy atom. The predicted octanol–water partition coefficient (Wildman–Crippen LogP) is 6.22. The molecular weight excluding hydrogens is 568 g/mol. The van der Waals surface area contributed by atoms with E-state index in [0.717, 1.165) is 16.7 Å². The summed E-state index contributed by atoms with van der Waals surface area (Å²) in [4.78, 5) is 27.2. The van der Waals surface area contributed by atoms with Gasteiger partial charge in [-0.25, -0.2) is 0 Å². The van der Waals surface area contributed by atoms with Gasteiger partial charge in [0.05, 0.1) is 19.8 Å². The zero-order chi connectivity index (χ0) is 30.0. The van der Waals surface area contributed by atoms with E-state index in [9.17, 15) is 9.59 Å². The molecule has 8 heteroatoms. The first-order chi connectivity index (χ1) is 21.0. The molecule has 1 fully saturated rings. The fourth-order valence-electron chi connectivity index (χ4n) is 4.93. The third-order valence-electron chi connectivity index (χ3n) is 7.17. The molecule has 0 aliphatic carbocycles. The van der Waals surface area contributed by atoms with Crippen LogP contribution in [0.2, 0.25) is 5.02 Å². The van der Waals surface area contributed by atoms with E-state index in [1.165, 1.54) is 19.2 Å². The molecule has 4 aromatic rings. The van der Waals surface area contributed by atoms with Crippen molar-refractivity contribution in [1.29, 1.82) is 0 Å². The highest BCUT2D eigenvalue weighted by Gasteiger charge is 2.52. The summed E-state index contributed by atoms with van der Waals surface area (Å²) in [7, 11) is 1.46. The molecule has 0 amide bonds. The molecule has 0 saturated carbocycles. The molecule has 222 valence electrons. The molecule has 1 aliphatic heterocycles. The second-order valence-electron chi connectivity index (χ2n) is 10.1. The molecule has 5 atom stereocenters. The van der Waals surface area contributed by atoms with Crippen LogP contribution >= 0.6 is 11.6 Å². The Morgan fingerprint density at radius 2 is 1.07 bits per heavy atom. The summed E-state index contributed by atoms with van der Waals surface area (Å²) in [5.41, 5.74) is 2.94. The largest absolute Gasteiger partial charge is 0.368 e. The summed E-state index contributed by atoms with van der Waals surface area (Å²) in [6, 6.07) is 35.0. The van der Waals surface area contributed by atoms with E-state index in [4.69, 9.17) is 35.3 Å². The number of Topliss-reactive ketones (excluding diaryl/α,β-unsaturated/α-hetero) is 2. The van der Waals surface area contributed by atoms with Crippen LogP contribution in [0, 0.1) is 0 Å². The van der Waals surface area contributed by atoms with Gasteiger partial charge < -0.3 is 23.7 Å². The Labute approximate surface area is 256 Å². The van der Waals surface area contributed by atoms with Gasteiger partial charge in [-0.05, 0) is 41.0 Å². The van der Waals surface area contributed by atoms with Crippen LogP contribution in [0.1, 0.15) is 27.0 Å². The number of ketones is 2. The number of hydrogen-bond donors (Lipinski definition) is 0. The number of ether oxygens (including phenoxy) is 5. The minimum Gasteiger partial charge on any atom is -0.368 e. The minimum atomic E-state index is -1.32. The zero-order valence-electron chi connectivity index (χ0n) is 23.7. The number of benzene rings is 4. The fraction of sp³-hybridized carbons (Fsp3) is 0.257. The Hall–Kier alpha value is -3.69. The normalized spacial score (nSPS) is 21.8. The van der Waals surface area contributed by atoms with Crippen LogP contribution in [0.25, 0.3) is 0 Å². The summed E-state index contributed by atoms with van der Waals surface area (Å²) in [5.74, 6) is -1.51. The van der Waals surface area contributed by atoms with Gasteiger partial charge in [-0.2, -0.15) is 0 Å². The number of carbonyl (C=O) groups is 2. The molecule has 1 heterocycles. The monoisotopic (exact) mass is 600 g/mol. The first-order valence-electron chi connectivity index (χ1n) is 14.0. The average Bonchev–Trinajstić information content (AvgIpc) is 3.06. The highest BCUT2D eigenvalue weighted by Crippen LogP contribution is 2.32. The molecule has 0 aromatic heterocycles. The number of carbonyl (C=O) groups excluding carboxylic acids is 2. The van der Waals surface area contributed by atoms with E-state index in [-0.39, 0.29) is 25.4 Å². The maximum atomic E-state index is 13.8. The molecule has 0 unspecified atom stereocenters. The quantitative estimate of drug-likeness (QED) is 0.133. The number of rotatable bonds is 13. The van der Waals surface area contributed by atoms with Crippen molar-refractivity contribution in [3.05, 3.63) is 143 Å². The third-order valence-corrected chi connectivity index (χ3v) is 7.42. The molecule has 1 saturated heterocycles. The van der Waals surface area contributed by atoms with E-state index in [1.807, 2.05) is 91.0 Å². The van der Waals surface area contributed by atoms with E-state index in [2.05, 4.69) is 0 Å². The predicted molar refractivity (Wildman–Crippen MR) is 162 cm³/mol. The molecule has 7 nitrogen and oxygen atoms in total. The smallest absolute Gasteiger partial charge is 0.234 e. The van der Waals surface area contributed by atoms with Crippen molar-refractivity contribution in [1.82, 2.24) is 0 Å². The van der Waals surface area contributed by atoms with Gasteiger partial charge in [0.25, 0.3) is 0 Å². The molecule has 5 rings (SSSR count). The highest BCUT2D eigenvalue weighted by molar-refractivity contribution is 6.45. The lowest BCUT2D eigenvalue weighted by Gasteiger charge is -2.44. The van der Waals surface area contributed by atoms with Crippen molar-refractivity contribution in [3.8, 4) is 0 Å². The summed E-state index contributed by atoms with van der Waals surface area (Å²) in [6.45, 7) is 0.611. The average molecular weight is 601 g/mol. The zero-order valence-corrected chi connectivity index (χ0v) is 24.5. The standard InChI is InChI=1S/C35H33ClO7/c1-39-35-34(42-23-26-15-9-4-10-16-26)33(41-22-25-13-7-3-8-14-25)32(40-21-24-11-5-2-6-12-24)31(43-35)30(38)29(37)27-17-19-28(36)20-18-27/h2-20,31-35H,21-23H2,1H3/t31-,32+,33+,34-,35+/m1/s1. The van der Waals surface area contributed by atoms with Gasteiger partial charge in [0.15, 0.2) is 12.4 Å². The summed E-state index contributed by atoms with van der Waals surface area (Å²) in [5, 5.41) is 0.453. The van der Waals surface area contributed by atoms with E-state index in [0.29, 0.717) is 5.02 Å². The van der Waals surface area contributed by atoms with Gasteiger partial charge in [-0.1, -0.05) is 103 Å². The second kappa shape index (κ2) is 15.2. The van der Waals surface area contributed by atoms with Crippen LogP contribution in [0.3, 0.4) is 0 Å². The van der Waals surface area contributed by atoms with Gasteiger partial charge in [0, 0.05) is 17.7 Å². The molecule has 0 N–H and O–H groups in total. The fourth-order valence-corrected chi connectivity index (χ4v) is 5.06. The van der Waals surface area contributed by atoms with Gasteiger partial charge in [0.2, 0.25) is 11.6 Å². The van der Waals surface area contributed by atoms with E-state index >= 15 is 0 Å². The summed E-state index contributed by atoms with van der Waals surface area (Å²) < 4.78 is 31.2. The number of halogens is 1. The van der Waals surface area contributed by atoms with Crippen LogP contribution < -0.4 is 0 Å². The maximum absolute atomic E-state index is 13.8. The minimum absolute atomic E-state index is 0.155. The lowest BCUT2D eigenvalue weighted by molar-refractivity contribution is -0.310. The molecule has 1 aliphatic rings. The first-order valence-corrected chi connectivity index (χ1v) is 14.4. The van der Waals surface area contributed by atoms with Crippen molar-refractivity contribution in [2.75, 3.05) is 7.11 Å². The Kier molecular flexibility index (Phi) is 10.8. The Bertz CT molecular complexity index is 1450. The van der Waals surface area contributed by atoms with Gasteiger partial charge in [-0.15, -0.1) is 0 Å². The van der Waals surface area contributed by atoms with Gasteiger partial charge in [0.1, 0.15) is 18.3 Å². The Morgan fingerprint density at radius 1 is 0.628 bits per heavy atom. The maximum Gasteiger partial charge on any atom is 0.234 e. The van der Waals surface area contributed by atoms with Crippen molar-refractivity contribution < 1.29 is 33.3 Å². The highest BCUT2D eigenvalue weighted by atomic mass is 35.5. The van der Waals surface area contributed by atoms with Crippen LogP contribution in [0.4, 0.5) is 0 Å². The van der Waals surface area contributed by atoms with Crippen molar-refractivity contribution in [2.45, 2.75) is 50.5 Å². The molecule has 0 bridgehead atoms. The lowest BCUT2D eigenvalue weighted by atomic mass is 9.92. The van der Waals surface area contributed by atoms with E-state index in [1.54, 1.807) is 12.1 Å². The van der Waals surface area contributed by atoms with Crippen LogP contribution in [0.5, 0.6) is 0 Å². The Balaban J connectivity index is 1.48. The van der Waals surface area contributed by atoms with Crippen LogP contribution in [0.15, 0.2) is 115 Å². The van der Waals surface area contributed by atoms with Crippen molar-refractivity contribution in [3.63, 3.8) is 0 Å². The SMILES string of the molecule is CO[C@H]1O[C@H](C(=O)C(=O)c2ccc(Cl)cc2)[C@H](OCc2ccccc2)[C@H](OCc2ccccc2)[C@H]1OCc1ccccc1. The van der Waals surface area contributed by atoms with E-state index < -0.39 is 42.3 Å². The molecule has 4 aromatic carbocycles. The third kappa shape index (κ3) is 8.03. The van der Waals surface area contributed by atoms with Crippen LogP contribution in [-0.2, 0) is 48.3 Å². The lowest BCUT2D eigenvalue weighted by Crippen LogP contribution is -2.63. The molecule has 43 heavy (non-hydrogen) atoms. The summed E-state index contributed by atoms with van der Waals surface area (Å²) >= 11 is 6.01. The summed E-state index contributed by atoms with van der Waals surface area (Å²) in [6.07, 6.45) is -4.97. The van der Waals surface area contributed by atoms with Crippen molar-refractivity contribution in [2.24, 2.45) is 0 Å². The van der Waals surface area contributed by atoms with Gasteiger partial charge in [-0.3, -0.25) is 9.59 Å². The first kappa shape index (κ1) is 30.8. The van der Waals surface area contributed by atoms with Crippen LogP contribution in [-0.4, -0.2) is 49.4 Å².